The van der Waals surface area contributed by atoms with E-state index in [2.05, 4.69) is 10.6 Å². The Balaban J connectivity index is 1.91. The highest BCUT2D eigenvalue weighted by Gasteiger charge is 2.11. The molecule has 0 fully saturated rings. The van der Waals surface area contributed by atoms with Crippen LogP contribution in [0.5, 0.6) is 0 Å². The number of halogens is 2. The first kappa shape index (κ1) is 17.7. The van der Waals surface area contributed by atoms with Crippen molar-refractivity contribution in [2.24, 2.45) is 0 Å². The van der Waals surface area contributed by atoms with E-state index in [4.69, 9.17) is 0 Å². The molecule has 2 rings (SSSR count). The summed E-state index contributed by atoms with van der Waals surface area (Å²) in [5.74, 6) is -2.22. The number of ketones is 1. The van der Waals surface area contributed by atoms with Gasteiger partial charge in [-0.05, 0) is 43.7 Å². The summed E-state index contributed by atoms with van der Waals surface area (Å²) in [5, 5.41) is 5.61. The summed E-state index contributed by atoms with van der Waals surface area (Å²) in [5.41, 5.74) is 1.58. The summed E-state index contributed by atoms with van der Waals surface area (Å²) >= 11 is 0. The Morgan fingerprint density at radius 1 is 1.08 bits per heavy atom. The van der Waals surface area contributed by atoms with Gasteiger partial charge in [-0.1, -0.05) is 18.2 Å². The summed E-state index contributed by atoms with van der Waals surface area (Å²) in [7, 11) is 0. The monoisotopic (exact) mass is 332 g/mol. The Kier molecular flexibility index (Phi) is 5.76. The first-order valence-corrected chi connectivity index (χ1v) is 7.46. The molecular formula is C18H18F2N2O2. The quantitative estimate of drug-likeness (QED) is 0.797. The van der Waals surface area contributed by atoms with E-state index in [1.807, 2.05) is 0 Å². The number of amides is 1. The molecule has 0 heterocycles. The smallest absolute Gasteiger partial charge is 0.238 e. The lowest BCUT2D eigenvalue weighted by Gasteiger charge is -2.14. The van der Waals surface area contributed by atoms with Gasteiger partial charge in [0.1, 0.15) is 0 Å². The third-order valence-electron chi connectivity index (χ3n) is 3.57. The van der Waals surface area contributed by atoms with Crippen molar-refractivity contribution in [2.75, 3.05) is 11.9 Å². The fourth-order valence-corrected chi connectivity index (χ4v) is 2.17. The number of benzene rings is 2. The number of carbonyl (C=O) groups excluding carboxylic acids is 2. The number of rotatable bonds is 6. The molecule has 126 valence electrons. The van der Waals surface area contributed by atoms with Crippen molar-refractivity contribution in [1.29, 1.82) is 0 Å². The summed E-state index contributed by atoms with van der Waals surface area (Å²) < 4.78 is 26.1. The van der Waals surface area contributed by atoms with Crippen molar-refractivity contribution in [3.05, 3.63) is 65.2 Å². The SMILES string of the molecule is CC(=O)c1cccc(NC(=O)CN[C@@H](C)c2ccc(F)c(F)c2)c1. The van der Waals surface area contributed by atoms with Crippen LogP contribution in [0.4, 0.5) is 14.5 Å². The maximum Gasteiger partial charge on any atom is 0.238 e. The van der Waals surface area contributed by atoms with Crippen LogP contribution in [-0.4, -0.2) is 18.2 Å². The Morgan fingerprint density at radius 3 is 2.50 bits per heavy atom. The molecule has 0 radical (unpaired) electrons. The van der Waals surface area contributed by atoms with Gasteiger partial charge < -0.3 is 10.6 Å². The molecule has 6 heteroatoms. The van der Waals surface area contributed by atoms with Gasteiger partial charge in [0.25, 0.3) is 0 Å². The Morgan fingerprint density at radius 2 is 1.83 bits per heavy atom. The van der Waals surface area contributed by atoms with Gasteiger partial charge >= 0.3 is 0 Å². The highest BCUT2D eigenvalue weighted by Crippen LogP contribution is 2.16. The van der Waals surface area contributed by atoms with E-state index >= 15 is 0 Å². The zero-order chi connectivity index (χ0) is 17.7. The number of Topliss-reactive ketones (excluding diaryl/α,β-unsaturated/α-hetero) is 1. The van der Waals surface area contributed by atoms with Crippen molar-refractivity contribution >= 4 is 17.4 Å². The first-order valence-electron chi connectivity index (χ1n) is 7.46. The summed E-state index contributed by atoms with van der Waals surface area (Å²) in [4.78, 5) is 23.3. The van der Waals surface area contributed by atoms with E-state index in [1.54, 1.807) is 31.2 Å². The zero-order valence-electron chi connectivity index (χ0n) is 13.4. The molecule has 1 atom stereocenters. The normalized spacial score (nSPS) is 11.8. The number of carbonyl (C=O) groups is 2. The van der Waals surface area contributed by atoms with Crippen molar-refractivity contribution in [1.82, 2.24) is 5.32 Å². The predicted molar refractivity (Wildman–Crippen MR) is 87.9 cm³/mol. The molecule has 2 N–H and O–H groups in total. The first-order chi connectivity index (χ1) is 11.4. The van der Waals surface area contributed by atoms with Gasteiger partial charge in [0.05, 0.1) is 6.54 Å². The highest BCUT2D eigenvalue weighted by atomic mass is 19.2. The minimum atomic E-state index is -0.924. The second kappa shape index (κ2) is 7.79. The van der Waals surface area contributed by atoms with Gasteiger partial charge in [-0.2, -0.15) is 0 Å². The molecular weight excluding hydrogens is 314 g/mol. The molecule has 0 aliphatic rings. The average Bonchev–Trinajstić information content (AvgIpc) is 2.55. The van der Waals surface area contributed by atoms with E-state index in [9.17, 15) is 18.4 Å². The Bertz CT molecular complexity index is 762. The highest BCUT2D eigenvalue weighted by molar-refractivity contribution is 5.97. The van der Waals surface area contributed by atoms with Crippen LogP contribution in [0.1, 0.15) is 35.8 Å². The molecule has 0 spiro atoms. The van der Waals surface area contributed by atoms with Gasteiger partial charge in [0, 0.05) is 17.3 Å². The molecule has 4 nitrogen and oxygen atoms in total. The minimum Gasteiger partial charge on any atom is -0.325 e. The van der Waals surface area contributed by atoms with Crippen LogP contribution in [0, 0.1) is 11.6 Å². The third-order valence-corrected chi connectivity index (χ3v) is 3.57. The average molecular weight is 332 g/mol. The van der Waals surface area contributed by atoms with E-state index in [1.165, 1.54) is 13.0 Å². The van der Waals surface area contributed by atoms with Gasteiger partial charge in [-0.3, -0.25) is 9.59 Å². The molecule has 2 aromatic rings. The molecule has 0 aliphatic heterocycles. The fourth-order valence-electron chi connectivity index (χ4n) is 2.17. The second-order valence-electron chi connectivity index (χ2n) is 5.46. The van der Waals surface area contributed by atoms with Gasteiger partial charge in [0.2, 0.25) is 5.91 Å². The van der Waals surface area contributed by atoms with E-state index in [0.29, 0.717) is 16.8 Å². The van der Waals surface area contributed by atoms with E-state index in [0.717, 1.165) is 12.1 Å². The van der Waals surface area contributed by atoms with Crippen molar-refractivity contribution in [3.8, 4) is 0 Å². The van der Waals surface area contributed by atoms with Crippen molar-refractivity contribution in [2.45, 2.75) is 19.9 Å². The number of hydrogen-bond acceptors (Lipinski definition) is 3. The lowest BCUT2D eigenvalue weighted by molar-refractivity contribution is -0.115. The van der Waals surface area contributed by atoms with Crippen LogP contribution < -0.4 is 10.6 Å². The maximum absolute atomic E-state index is 13.2. The minimum absolute atomic E-state index is 0.00946. The topological polar surface area (TPSA) is 58.2 Å². The van der Waals surface area contributed by atoms with Crippen LogP contribution in [0.3, 0.4) is 0 Å². The van der Waals surface area contributed by atoms with Crippen LogP contribution >= 0.6 is 0 Å². The van der Waals surface area contributed by atoms with Crippen LogP contribution in [0.15, 0.2) is 42.5 Å². The zero-order valence-corrected chi connectivity index (χ0v) is 13.4. The molecule has 0 aromatic heterocycles. The molecule has 2 aromatic carbocycles. The van der Waals surface area contributed by atoms with Crippen LogP contribution in [-0.2, 0) is 4.79 Å². The van der Waals surface area contributed by atoms with E-state index in [-0.39, 0.29) is 24.3 Å². The molecule has 24 heavy (non-hydrogen) atoms. The lowest BCUT2D eigenvalue weighted by Crippen LogP contribution is -2.30. The van der Waals surface area contributed by atoms with Gasteiger partial charge in [0.15, 0.2) is 17.4 Å². The molecule has 0 saturated heterocycles. The van der Waals surface area contributed by atoms with Gasteiger partial charge in [-0.25, -0.2) is 8.78 Å². The number of anilines is 1. The summed E-state index contributed by atoms with van der Waals surface area (Å²) in [6.45, 7) is 3.19. The fraction of sp³-hybridized carbons (Fsp3) is 0.222. The summed E-state index contributed by atoms with van der Waals surface area (Å²) in [6, 6.07) is 9.92. The molecule has 0 aliphatic carbocycles. The second-order valence-corrected chi connectivity index (χ2v) is 5.46. The lowest BCUT2D eigenvalue weighted by atomic mass is 10.1. The Labute approximate surface area is 138 Å². The van der Waals surface area contributed by atoms with Crippen molar-refractivity contribution < 1.29 is 18.4 Å². The third kappa shape index (κ3) is 4.70. The largest absolute Gasteiger partial charge is 0.325 e. The summed E-state index contributed by atoms with van der Waals surface area (Å²) in [6.07, 6.45) is 0. The molecule has 1 amide bonds. The molecule has 0 unspecified atom stereocenters. The number of nitrogens with one attached hydrogen (secondary N) is 2. The standard InChI is InChI=1S/C18H18F2N2O2/c1-11(13-6-7-16(19)17(20)9-13)21-10-18(24)22-15-5-3-4-14(8-15)12(2)23/h3-9,11,21H,10H2,1-2H3,(H,22,24)/t11-/m0/s1. The molecule has 0 bridgehead atoms. The van der Waals surface area contributed by atoms with Crippen molar-refractivity contribution in [3.63, 3.8) is 0 Å². The predicted octanol–water partition coefficient (Wildman–Crippen LogP) is 3.46. The Hall–Kier alpha value is -2.60. The van der Waals surface area contributed by atoms with Crippen LogP contribution in [0.2, 0.25) is 0 Å². The molecule has 0 saturated carbocycles. The van der Waals surface area contributed by atoms with Gasteiger partial charge in [-0.15, -0.1) is 0 Å². The number of hydrogen-bond donors (Lipinski definition) is 2. The van der Waals surface area contributed by atoms with Crippen LogP contribution in [0.25, 0.3) is 0 Å². The maximum atomic E-state index is 13.2. The van der Waals surface area contributed by atoms with E-state index < -0.39 is 11.6 Å².